The van der Waals surface area contributed by atoms with E-state index in [2.05, 4.69) is 13.8 Å². The number of nitrogens with zero attached hydrogens (tertiary/aromatic N) is 1. The molecule has 0 saturated heterocycles. The van der Waals surface area contributed by atoms with Crippen LogP contribution in [0.4, 0.5) is 5.69 Å². The Morgan fingerprint density at radius 3 is 2.76 bits per heavy atom. The van der Waals surface area contributed by atoms with Gasteiger partial charge in [-0.05, 0) is 37.0 Å². The highest BCUT2D eigenvalue weighted by molar-refractivity contribution is 5.99. The van der Waals surface area contributed by atoms with Gasteiger partial charge in [-0.3, -0.25) is 4.79 Å². The third-order valence-electron chi connectivity index (χ3n) is 3.67. The minimum absolute atomic E-state index is 0.0688. The molecule has 1 aliphatic heterocycles. The van der Waals surface area contributed by atoms with E-state index in [0.717, 1.165) is 12.0 Å². The largest absolute Gasteiger partial charge is 0.479 e. The van der Waals surface area contributed by atoms with E-state index in [9.17, 15) is 9.90 Å². The van der Waals surface area contributed by atoms with Crippen LogP contribution in [-0.4, -0.2) is 30.3 Å². The first kappa shape index (κ1) is 15.8. The first-order chi connectivity index (χ1) is 9.93. The molecule has 1 aromatic carbocycles. The molecular formula is C16H24N2O3. The quantitative estimate of drug-likeness (QED) is 0.868. The summed E-state index contributed by atoms with van der Waals surface area (Å²) in [6.45, 7) is 6.16. The van der Waals surface area contributed by atoms with Crippen LogP contribution in [0.3, 0.4) is 0 Å². The zero-order valence-electron chi connectivity index (χ0n) is 12.9. The van der Waals surface area contributed by atoms with Gasteiger partial charge in [-0.2, -0.15) is 0 Å². The Labute approximate surface area is 125 Å². The van der Waals surface area contributed by atoms with Crippen molar-refractivity contribution in [3.63, 3.8) is 0 Å². The van der Waals surface area contributed by atoms with Gasteiger partial charge in [0, 0.05) is 12.6 Å². The summed E-state index contributed by atoms with van der Waals surface area (Å²) in [7, 11) is 0. The van der Waals surface area contributed by atoms with Crippen molar-refractivity contribution in [1.29, 1.82) is 0 Å². The second-order valence-corrected chi connectivity index (χ2v) is 5.94. The van der Waals surface area contributed by atoms with Gasteiger partial charge in [0.05, 0.1) is 12.3 Å². The van der Waals surface area contributed by atoms with E-state index in [1.165, 1.54) is 0 Å². The van der Waals surface area contributed by atoms with Crippen LogP contribution in [0.1, 0.15) is 38.8 Å². The molecule has 0 aliphatic carbocycles. The minimum atomic E-state index is -0.528. The average molecular weight is 292 g/mol. The molecule has 0 aromatic heterocycles. The average Bonchev–Trinajstić information content (AvgIpc) is 2.42. The van der Waals surface area contributed by atoms with E-state index in [4.69, 9.17) is 10.5 Å². The molecule has 0 bridgehead atoms. The number of amides is 1. The number of hydrogen-bond donors (Lipinski definition) is 2. The molecule has 1 aliphatic rings. The summed E-state index contributed by atoms with van der Waals surface area (Å²) in [6, 6.07) is 5.65. The topological polar surface area (TPSA) is 75.8 Å². The summed E-state index contributed by atoms with van der Waals surface area (Å²) in [4.78, 5) is 13.8. The highest BCUT2D eigenvalue weighted by Crippen LogP contribution is 2.36. The van der Waals surface area contributed by atoms with Gasteiger partial charge in [-0.15, -0.1) is 0 Å². The number of anilines is 1. The fraction of sp³-hybridized carbons (Fsp3) is 0.562. The molecule has 21 heavy (non-hydrogen) atoms. The number of carbonyl (C=O) groups is 1. The molecule has 0 saturated carbocycles. The van der Waals surface area contributed by atoms with Gasteiger partial charge in [0.25, 0.3) is 5.91 Å². The summed E-state index contributed by atoms with van der Waals surface area (Å²) in [6.07, 6.45) is 0.350. The van der Waals surface area contributed by atoms with Crippen LogP contribution < -0.4 is 15.4 Å². The number of β-amino-alcohol motifs (C(OH)–C–C–N with tert-alkyl or cyclic N) is 1. The molecule has 3 N–H and O–H groups in total. The Morgan fingerprint density at radius 1 is 1.43 bits per heavy atom. The third kappa shape index (κ3) is 3.36. The molecule has 0 spiro atoms. The number of ether oxygens (including phenoxy) is 1. The number of hydrogen-bond acceptors (Lipinski definition) is 4. The molecule has 5 nitrogen and oxygen atoms in total. The Hall–Kier alpha value is -1.59. The van der Waals surface area contributed by atoms with E-state index in [1.54, 1.807) is 11.8 Å². The summed E-state index contributed by atoms with van der Waals surface area (Å²) in [5.74, 6) is 1.03. The SMILES string of the molecule is CC(C)CC(N)c1ccc2c(c1)N(CCO)C(=O)C(C)O2. The lowest BCUT2D eigenvalue weighted by atomic mass is 9.97. The van der Waals surface area contributed by atoms with Crippen molar-refractivity contribution in [2.24, 2.45) is 11.7 Å². The van der Waals surface area contributed by atoms with Crippen molar-refractivity contribution >= 4 is 11.6 Å². The van der Waals surface area contributed by atoms with Crippen molar-refractivity contribution in [3.05, 3.63) is 23.8 Å². The van der Waals surface area contributed by atoms with Crippen LogP contribution in [0.25, 0.3) is 0 Å². The van der Waals surface area contributed by atoms with Crippen molar-refractivity contribution in [2.75, 3.05) is 18.1 Å². The number of fused-ring (bicyclic) bond motifs is 1. The van der Waals surface area contributed by atoms with Crippen LogP contribution in [0.15, 0.2) is 18.2 Å². The molecule has 1 heterocycles. The van der Waals surface area contributed by atoms with Crippen molar-refractivity contribution < 1.29 is 14.6 Å². The second-order valence-electron chi connectivity index (χ2n) is 5.94. The van der Waals surface area contributed by atoms with Gasteiger partial charge in [0.1, 0.15) is 5.75 Å². The molecule has 2 atom stereocenters. The van der Waals surface area contributed by atoms with Crippen LogP contribution in [0.2, 0.25) is 0 Å². The number of carbonyl (C=O) groups excluding carboxylic acids is 1. The summed E-state index contributed by atoms with van der Waals surface area (Å²) < 4.78 is 5.62. The normalized spacial score (nSPS) is 19.4. The molecule has 5 heteroatoms. The second kappa shape index (κ2) is 6.45. The van der Waals surface area contributed by atoms with E-state index >= 15 is 0 Å². The lowest BCUT2D eigenvalue weighted by Crippen LogP contribution is -2.45. The number of rotatable bonds is 5. The van der Waals surface area contributed by atoms with Crippen LogP contribution >= 0.6 is 0 Å². The molecule has 1 aromatic rings. The fourth-order valence-electron chi connectivity index (χ4n) is 2.63. The summed E-state index contributed by atoms with van der Waals surface area (Å²) in [5.41, 5.74) is 7.90. The first-order valence-electron chi connectivity index (χ1n) is 7.42. The summed E-state index contributed by atoms with van der Waals surface area (Å²) in [5, 5.41) is 9.19. The lowest BCUT2D eigenvalue weighted by Gasteiger charge is -2.33. The first-order valence-corrected chi connectivity index (χ1v) is 7.42. The summed E-state index contributed by atoms with van der Waals surface area (Å²) >= 11 is 0. The maximum atomic E-state index is 12.2. The van der Waals surface area contributed by atoms with Crippen LogP contribution in [-0.2, 0) is 4.79 Å². The standard InChI is InChI=1S/C16H24N2O3/c1-10(2)8-13(17)12-4-5-15-14(9-12)18(6-7-19)16(20)11(3)21-15/h4-5,9-11,13,19H,6-8,17H2,1-3H3. The predicted molar refractivity (Wildman–Crippen MR) is 82.4 cm³/mol. The highest BCUT2D eigenvalue weighted by Gasteiger charge is 2.31. The Balaban J connectivity index is 2.34. The van der Waals surface area contributed by atoms with Crippen molar-refractivity contribution in [3.8, 4) is 5.75 Å². The monoisotopic (exact) mass is 292 g/mol. The zero-order chi connectivity index (χ0) is 15.6. The molecule has 2 unspecified atom stereocenters. The minimum Gasteiger partial charge on any atom is -0.479 e. The van der Waals surface area contributed by atoms with E-state index < -0.39 is 6.10 Å². The zero-order valence-corrected chi connectivity index (χ0v) is 12.9. The number of nitrogens with two attached hydrogens (primary N) is 1. The Morgan fingerprint density at radius 2 is 2.14 bits per heavy atom. The van der Waals surface area contributed by atoms with Crippen LogP contribution in [0.5, 0.6) is 5.75 Å². The van der Waals surface area contributed by atoms with Gasteiger partial charge >= 0.3 is 0 Å². The predicted octanol–water partition coefficient (Wildman–Crippen LogP) is 1.84. The highest BCUT2D eigenvalue weighted by atomic mass is 16.5. The molecule has 116 valence electrons. The van der Waals surface area contributed by atoms with Crippen LogP contribution in [0, 0.1) is 5.92 Å². The van der Waals surface area contributed by atoms with Crippen molar-refractivity contribution in [2.45, 2.75) is 39.3 Å². The Bertz CT molecular complexity index is 516. The molecule has 2 rings (SSSR count). The fourth-order valence-corrected chi connectivity index (χ4v) is 2.63. The third-order valence-corrected chi connectivity index (χ3v) is 3.67. The number of aliphatic hydroxyl groups is 1. The maximum Gasteiger partial charge on any atom is 0.267 e. The smallest absolute Gasteiger partial charge is 0.267 e. The molecule has 1 amide bonds. The van der Waals surface area contributed by atoms with Gasteiger partial charge in [-0.25, -0.2) is 0 Å². The van der Waals surface area contributed by atoms with Gasteiger partial charge in [-0.1, -0.05) is 19.9 Å². The van der Waals surface area contributed by atoms with Gasteiger partial charge in [0.15, 0.2) is 6.10 Å². The van der Waals surface area contributed by atoms with E-state index in [-0.39, 0.29) is 25.1 Å². The number of benzene rings is 1. The molecule has 0 fully saturated rings. The van der Waals surface area contributed by atoms with E-state index in [0.29, 0.717) is 17.4 Å². The van der Waals surface area contributed by atoms with Gasteiger partial charge < -0.3 is 20.5 Å². The Kier molecular flexibility index (Phi) is 4.85. The van der Waals surface area contributed by atoms with E-state index in [1.807, 2.05) is 18.2 Å². The molecule has 0 radical (unpaired) electrons. The number of aliphatic hydroxyl groups excluding tert-OH is 1. The maximum absolute atomic E-state index is 12.2. The van der Waals surface area contributed by atoms with Crippen molar-refractivity contribution in [1.82, 2.24) is 0 Å². The molecular weight excluding hydrogens is 268 g/mol. The lowest BCUT2D eigenvalue weighted by molar-refractivity contribution is -0.125. The van der Waals surface area contributed by atoms with Gasteiger partial charge in [0.2, 0.25) is 0 Å².